The molecule has 1 aliphatic rings. The van der Waals surface area contributed by atoms with Gasteiger partial charge in [-0.15, -0.1) is 0 Å². The van der Waals surface area contributed by atoms with Gasteiger partial charge < -0.3 is 4.57 Å². The van der Waals surface area contributed by atoms with Crippen LogP contribution in [0.15, 0.2) is 0 Å². The predicted molar refractivity (Wildman–Crippen MR) is 65.4 cm³/mol. The minimum Gasteiger partial charge on any atom is -0.324 e. The molecule has 1 aliphatic heterocycles. The van der Waals surface area contributed by atoms with Crippen LogP contribution in [-0.2, 0) is 19.1 Å². The van der Waals surface area contributed by atoms with Gasteiger partial charge in [-0.2, -0.15) is 13.2 Å². The molecule has 0 saturated heterocycles. The number of hydrogen-bond donors (Lipinski definition) is 0. The molecule has 0 saturated carbocycles. The molecule has 0 amide bonds. The van der Waals surface area contributed by atoms with E-state index in [1.165, 1.54) is 11.5 Å². The molecule has 1 aromatic rings. The van der Waals surface area contributed by atoms with Crippen molar-refractivity contribution < 1.29 is 13.2 Å². The summed E-state index contributed by atoms with van der Waals surface area (Å²) >= 11 is 0. The number of hydrogen-bond acceptors (Lipinski definition) is 1. The SMILES string of the molecule is CC.CCC1CCc2nc(C)c(C(F)(F)F)n2C1. The van der Waals surface area contributed by atoms with Crippen LogP contribution in [0.1, 0.15) is 50.8 Å². The van der Waals surface area contributed by atoms with Crippen LogP contribution in [0, 0.1) is 12.8 Å². The molecule has 0 aliphatic carbocycles. The minimum absolute atomic E-state index is 0.110. The van der Waals surface area contributed by atoms with E-state index in [0.717, 1.165) is 12.8 Å². The molecule has 0 fully saturated rings. The van der Waals surface area contributed by atoms with Crippen LogP contribution < -0.4 is 0 Å². The first-order valence-electron chi connectivity index (χ1n) is 6.56. The van der Waals surface area contributed by atoms with Crippen molar-refractivity contribution in [1.29, 1.82) is 0 Å². The normalized spacial score (nSPS) is 18.9. The van der Waals surface area contributed by atoms with E-state index in [9.17, 15) is 13.2 Å². The smallest absolute Gasteiger partial charge is 0.324 e. The molecule has 0 radical (unpaired) electrons. The number of fused-ring (bicyclic) bond motifs is 1. The molecular weight excluding hydrogens is 241 g/mol. The summed E-state index contributed by atoms with van der Waals surface area (Å²) in [5, 5.41) is 0. The monoisotopic (exact) mass is 262 g/mol. The zero-order valence-electron chi connectivity index (χ0n) is 11.4. The molecular formula is C13H21F3N2. The zero-order valence-corrected chi connectivity index (χ0v) is 11.4. The fourth-order valence-electron chi connectivity index (χ4n) is 2.39. The second-order valence-electron chi connectivity index (χ2n) is 4.38. The van der Waals surface area contributed by atoms with Gasteiger partial charge in [0.2, 0.25) is 0 Å². The molecule has 1 aromatic heterocycles. The number of rotatable bonds is 1. The van der Waals surface area contributed by atoms with Crippen molar-refractivity contribution in [3.8, 4) is 0 Å². The van der Waals surface area contributed by atoms with Gasteiger partial charge in [0.05, 0.1) is 5.69 Å². The van der Waals surface area contributed by atoms with Crippen LogP contribution in [0.25, 0.3) is 0 Å². The lowest BCUT2D eigenvalue weighted by atomic mass is 9.97. The summed E-state index contributed by atoms with van der Waals surface area (Å²) in [6, 6.07) is 0. The maximum atomic E-state index is 12.8. The summed E-state index contributed by atoms with van der Waals surface area (Å²) in [5.41, 5.74) is -0.445. The molecule has 18 heavy (non-hydrogen) atoms. The van der Waals surface area contributed by atoms with Crippen LogP contribution >= 0.6 is 0 Å². The third-order valence-corrected chi connectivity index (χ3v) is 3.28. The standard InChI is InChI=1S/C11H15F3N2.C2H6/c1-3-8-4-5-9-15-7(2)10(11(12,13)14)16(9)6-8;1-2/h8H,3-6H2,1-2H3;1-2H3. The van der Waals surface area contributed by atoms with Crippen molar-refractivity contribution in [1.82, 2.24) is 9.55 Å². The van der Waals surface area contributed by atoms with E-state index in [2.05, 4.69) is 4.98 Å². The average Bonchev–Trinajstić information content (AvgIpc) is 2.65. The Labute approximate surface area is 106 Å². The summed E-state index contributed by atoms with van der Waals surface area (Å²) < 4.78 is 39.9. The zero-order chi connectivity index (χ0) is 13.9. The van der Waals surface area contributed by atoms with Crippen molar-refractivity contribution in [3.63, 3.8) is 0 Å². The fraction of sp³-hybridized carbons (Fsp3) is 0.769. The van der Waals surface area contributed by atoms with Crippen molar-refractivity contribution in [2.45, 2.75) is 59.7 Å². The van der Waals surface area contributed by atoms with Gasteiger partial charge in [0.15, 0.2) is 0 Å². The topological polar surface area (TPSA) is 17.8 Å². The van der Waals surface area contributed by atoms with E-state index in [-0.39, 0.29) is 5.69 Å². The third-order valence-electron chi connectivity index (χ3n) is 3.28. The molecule has 2 heterocycles. The van der Waals surface area contributed by atoms with Gasteiger partial charge in [-0.3, -0.25) is 0 Å². The number of nitrogens with zero attached hydrogens (tertiary/aromatic N) is 2. The van der Waals surface area contributed by atoms with Crippen LogP contribution in [0.2, 0.25) is 0 Å². The Morgan fingerprint density at radius 1 is 1.33 bits per heavy atom. The molecule has 0 bridgehead atoms. The quantitative estimate of drug-likeness (QED) is 0.741. The molecule has 0 aromatic carbocycles. The lowest BCUT2D eigenvalue weighted by molar-refractivity contribution is -0.144. The maximum Gasteiger partial charge on any atom is 0.433 e. The van der Waals surface area contributed by atoms with E-state index in [0.29, 0.717) is 24.7 Å². The fourth-order valence-corrected chi connectivity index (χ4v) is 2.39. The van der Waals surface area contributed by atoms with Crippen LogP contribution in [0.3, 0.4) is 0 Å². The van der Waals surface area contributed by atoms with E-state index >= 15 is 0 Å². The van der Waals surface area contributed by atoms with Gasteiger partial charge in [-0.05, 0) is 19.3 Å². The van der Waals surface area contributed by atoms with Crippen molar-refractivity contribution in [3.05, 3.63) is 17.2 Å². The number of imidazole rings is 1. The van der Waals surface area contributed by atoms with Gasteiger partial charge in [-0.25, -0.2) is 4.98 Å². The second-order valence-corrected chi connectivity index (χ2v) is 4.38. The Morgan fingerprint density at radius 2 is 1.94 bits per heavy atom. The average molecular weight is 262 g/mol. The lowest BCUT2D eigenvalue weighted by Crippen LogP contribution is -2.24. The summed E-state index contributed by atoms with van der Waals surface area (Å²) in [7, 11) is 0. The van der Waals surface area contributed by atoms with Crippen LogP contribution in [0.4, 0.5) is 13.2 Å². The first-order valence-corrected chi connectivity index (χ1v) is 6.56. The number of aryl methyl sites for hydroxylation is 2. The van der Waals surface area contributed by atoms with E-state index in [1.54, 1.807) is 0 Å². The minimum atomic E-state index is -4.29. The molecule has 1 atom stereocenters. The second kappa shape index (κ2) is 5.76. The summed E-state index contributed by atoms with van der Waals surface area (Å²) in [6.45, 7) is 7.92. The summed E-state index contributed by atoms with van der Waals surface area (Å²) in [5.74, 6) is 0.941. The number of alkyl halides is 3. The highest BCUT2D eigenvalue weighted by atomic mass is 19.4. The van der Waals surface area contributed by atoms with E-state index < -0.39 is 11.9 Å². The van der Waals surface area contributed by atoms with Crippen LogP contribution in [0.5, 0.6) is 0 Å². The van der Waals surface area contributed by atoms with Gasteiger partial charge in [0, 0.05) is 13.0 Å². The van der Waals surface area contributed by atoms with Gasteiger partial charge >= 0.3 is 6.18 Å². The van der Waals surface area contributed by atoms with Crippen molar-refractivity contribution >= 4 is 0 Å². The lowest BCUT2D eigenvalue weighted by Gasteiger charge is -2.24. The summed E-state index contributed by atoms with van der Waals surface area (Å²) in [4.78, 5) is 4.03. The summed E-state index contributed by atoms with van der Waals surface area (Å²) in [6.07, 6.45) is -1.75. The molecule has 104 valence electrons. The first-order chi connectivity index (χ1) is 8.43. The van der Waals surface area contributed by atoms with E-state index in [4.69, 9.17) is 0 Å². The van der Waals surface area contributed by atoms with Crippen molar-refractivity contribution in [2.75, 3.05) is 0 Å². The first kappa shape index (κ1) is 15.1. The number of aromatic nitrogens is 2. The Hall–Kier alpha value is -1.00. The van der Waals surface area contributed by atoms with Gasteiger partial charge in [-0.1, -0.05) is 27.2 Å². The Bertz CT molecular complexity index is 394. The number of halogens is 3. The third kappa shape index (κ3) is 2.87. The molecule has 2 nitrogen and oxygen atoms in total. The Morgan fingerprint density at radius 3 is 2.44 bits per heavy atom. The molecule has 0 N–H and O–H groups in total. The molecule has 1 unspecified atom stereocenters. The predicted octanol–water partition coefficient (Wildman–Crippen LogP) is 4.21. The Kier molecular flexibility index (Phi) is 4.82. The highest BCUT2D eigenvalue weighted by Crippen LogP contribution is 2.35. The van der Waals surface area contributed by atoms with E-state index in [1.807, 2.05) is 20.8 Å². The Balaban J connectivity index is 0.000000771. The van der Waals surface area contributed by atoms with Crippen LogP contribution in [-0.4, -0.2) is 9.55 Å². The largest absolute Gasteiger partial charge is 0.433 e. The van der Waals surface area contributed by atoms with Crippen molar-refractivity contribution in [2.24, 2.45) is 5.92 Å². The van der Waals surface area contributed by atoms with Gasteiger partial charge in [0.1, 0.15) is 11.5 Å². The molecule has 2 rings (SSSR count). The maximum absolute atomic E-state index is 12.8. The van der Waals surface area contributed by atoms with Gasteiger partial charge in [0.25, 0.3) is 0 Å². The molecule has 0 spiro atoms. The molecule has 5 heteroatoms. The highest BCUT2D eigenvalue weighted by Gasteiger charge is 2.39. The highest BCUT2D eigenvalue weighted by molar-refractivity contribution is 5.20.